The molecule has 1 unspecified atom stereocenters. The fourth-order valence-corrected chi connectivity index (χ4v) is 6.73. The molecular weight excluding hydrogens is 651 g/mol. The van der Waals surface area contributed by atoms with Crippen molar-refractivity contribution in [1.82, 2.24) is 25.5 Å². The number of carbonyl (C=O) groups is 2. The Kier molecular flexibility index (Phi) is 7.22. The van der Waals surface area contributed by atoms with Crippen LogP contribution in [-0.2, 0) is 4.79 Å². The summed E-state index contributed by atoms with van der Waals surface area (Å²) in [6, 6.07) is 4.33. The molecule has 2 fully saturated rings. The third-order valence-corrected chi connectivity index (χ3v) is 9.09. The Morgan fingerprint density at radius 1 is 1.12 bits per heavy atom. The van der Waals surface area contributed by atoms with E-state index in [0.29, 0.717) is 0 Å². The summed E-state index contributed by atoms with van der Waals surface area (Å²) in [6.45, 7) is -0.795. The molecule has 1 aromatic heterocycles. The Hall–Kier alpha value is -5.49. The van der Waals surface area contributed by atoms with Crippen molar-refractivity contribution in [3.05, 3.63) is 65.6 Å². The van der Waals surface area contributed by atoms with Gasteiger partial charge in [0.05, 0.1) is 23.1 Å². The molecule has 3 N–H and O–H groups in total. The van der Waals surface area contributed by atoms with Crippen molar-refractivity contribution in [2.75, 3.05) is 38.7 Å². The summed E-state index contributed by atoms with van der Waals surface area (Å²) < 4.78 is 82.8. The smallest absolute Gasteiger partial charge is 0.322 e. The molecule has 4 aromatic rings. The third-order valence-electron chi connectivity index (χ3n) is 9.09. The highest BCUT2D eigenvalue weighted by atomic mass is 19.3. The Morgan fingerprint density at radius 2 is 1.88 bits per heavy atom. The monoisotopic (exact) mass is 678 g/mol. The quantitative estimate of drug-likeness (QED) is 0.145. The van der Waals surface area contributed by atoms with Crippen LogP contribution in [0.5, 0.6) is 11.8 Å². The van der Waals surface area contributed by atoms with E-state index in [2.05, 4.69) is 26.5 Å². The molecule has 0 bridgehead atoms. The van der Waals surface area contributed by atoms with E-state index in [1.165, 1.54) is 23.2 Å². The molecule has 49 heavy (non-hydrogen) atoms. The van der Waals surface area contributed by atoms with Crippen molar-refractivity contribution in [3.8, 4) is 35.2 Å². The number of ether oxygens (including phenoxy) is 1. The maximum atomic E-state index is 16.8. The van der Waals surface area contributed by atoms with Gasteiger partial charge in [0.15, 0.2) is 5.82 Å². The van der Waals surface area contributed by atoms with Gasteiger partial charge in [-0.15, -0.1) is 6.42 Å². The van der Waals surface area contributed by atoms with Crippen LogP contribution in [0.15, 0.2) is 42.6 Å². The zero-order valence-electron chi connectivity index (χ0n) is 26.0. The van der Waals surface area contributed by atoms with Gasteiger partial charge in [-0.1, -0.05) is 18.1 Å². The van der Waals surface area contributed by atoms with Gasteiger partial charge in [0, 0.05) is 41.9 Å². The molecule has 3 aromatic carbocycles. The number of urea groups is 1. The van der Waals surface area contributed by atoms with Gasteiger partial charge < -0.3 is 25.0 Å². The van der Waals surface area contributed by atoms with Crippen LogP contribution >= 0.6 is 0 Å². The number of nitrogens with zero attached hydrogens (tertiary/aromatic N) is 4. The van der Waals surface area contributed by atoms with Gasteiger partial charge in [-0.05, 0) is 43.7 Å². The number of anilines is 1. The molecule has 0 radical (unpaired) electrons. The number of rotatable bonds is 7. The van der Waals surface area contributed by atoms with Crippen molar-refractivity contribution >= 4 is 39.4 Å². The van der Waals surface area contributed by atoms with Crippen LogP contribution in [0.4, 0.5) is 32.6 Å². The number of phenols is 1. The lowest BCUT2D eigenvalue weighted by molar-refractivity contribution is -0.123. The number of hydrogen-bond donors (Lipinski definition) is 3. The molecule has 1 saturated heterocycles. The first-order chi connectivity index (χ1) is 23.2. The van der Waals surface area contributed by atoms with Crippen LogP contribution in [0.3, 0.4) is 0 Å². The van der Waals surface area contributed by atoms with E-state index in [4.69, 9.17) is 11.2 Å². The number of alkyl halides is 2. The number of amides is 3. The maximum Gasteiger partial charge on any atom is 0.322 e. The van der Waals surface area contributed by atoms with E-state index in [1.54, 1.807) is 25.1 Å². The zero-order chi connectivity index (χ0) is 35.0. The van der Waals surface area contributed by atoms with Crippen molar-refractivity contribution in [2.24, 2.45) is 5.41 Å². The number of benzene rings is 3. The number of aromatic hydroxyl groups is 1. The van der Waals surface area contributed by atoms with E-state index < -0.39 is 76.4 Å². The van der Waals surface area contributed by atoms with Gasteiger partial charge >= 0.3 is 12.0 Å². The number of phenolic OH excluding ortho intramolecular Hbond substituents is 1. The summed E-state index contributed by atoms with van der Waals surface area (Å²) in [4.78, 5) is 36.3. The molecule has 3 aliphatic rings. The molecule has 2 atom stereocenters. The van der Waals surface area contributed by atoms with Crippen molar-refractivity contribution in [2.45, 2.75) is 24.3 Å². The molecular formula is C34H27F5N6O4. The molecule has 3 heterocycles. The van der Waals surface area contributed by atoms with E-state index in [-0.39, 0.29) is 58.4 Å². The summed E-state index contributed by atoms with van der Waals surface area (Å²) >= 11 is 0. The van der Waals surface area contributed by atoms with E-state index in [9.17, 15) is 27.9 Å². The molecule has 1 spiro atoms. The molecule has 2 aliphatic heterocycles. The van der Waals surface area contributed by atoms with Crippen molar-refractivity contribution < 1.29 is 41.4 Å². The minimum absolute atomic E-state index is 0.0327. The summed E-state index contributed by atoms with van der Waals surface area (Å²) in [7, 11) is 3.26. The van der Waals surface area contributed by atoms with Crippen LogP contribution in [0.2, 0.25) is 0 Å². The summed E-state index contributed by atoms with van der Waals surface area (Å²) in [5.41, 5.74) is -4.80. The SMILES string of the molecule is C#Cc1c(F)ccc2cc(O)cc(-c3c(F)cc4c(N5C=CCC6(C5)NC(=O)NC6=O)nc(OC[C@]5(CN(C)C)CC5(F)F)nc4c3F)c12. The van der Waals surface area contributed by atoms with Gasteiger partial charge in [0.2, 0.25) is 0 Å². The molecule has 7 rings (SSSR count). The van der Waals surface area contributed by atoms with Crippen LogP contribution in [0, 0.1) is 35.2 Å². The lowest BCUT2D eigenvalue weighted by Crippen LogP contribution is -2.56. The van der Waals surface area contributed by atoms with Gasteiger partial charge in [0.1, 0.15) is 40.9 Å². The van der Waals surface area contributed by atoms with Crippen LogP contribution in [0.1, 0.15) is 18.4 Å². The summed E-state index contributed by atoms with van der Waals surface area (Å²) in [5.74, 6) is -5.28. The van der Waals surface area contributed by atoms with Gasteiger partial charge in [-0.2, -0.15) is 9.97 Å². The largest absolute Gasteiger partial charge is 0.508 e. The number of halogens is 5. The number of carbonyl (C=O) groups excluding carboxylic acids is 2. The predicted octanol–water partition coefficient (Wildman–Crippen LogP) is 4.82. The Morgan fingerprint density at radius 3 is 2.53 bits per heavy atom. The molecule has 1 saturated carbocycles. The topological polar surface area (TPSA) is 120 Å². The molecule has 252 valence electrons. The number of fused-ring (bicyclic) bond motifs is 2. The average Bonchev–Trinajstić information content (AvgIpc) is 3.45. The van der Waals surface area contributed by atoms with Gasteiger partial charge in [0.25, 0.3) is 11.8 Å². The van der Waals surface area contributed by atoms with Crippen LogP contribution in [-0.4, -0.2) is 77.2 Å². The number of aromatic nitrogens is 2. The highest BCUT2D eigenvalue weighted by Crippen LogP contribution is 2.60. The van der Waals surface area contributed by atoms with Gasteiger partial charge in [-0.25, -0.2) is 26.7 Å². The molecule has 1 aliphatic carbocycles. The second-order valence-corrected chi connectivity index (χ2v) is 12.8. The minimum Gasteiger partial charge on any atom is -0.508 e. The predicted molar refractivity (Wildman–Crippen MR) is 169 cm³/mol. The lowest BCUT2D eigenvalue weighted by atomic mass is 9.91. The fourth-order valence-electron chi connectivity index (χ4n) is 6.73. The molecule has 15 heteroatoms. The lowest BCUT2D eigenvalue weighted by Gasteiger charge is -2.35. The van der Waals surface area contributed by atoms with Crippen molar-refractivity contribution in [1.29, 1.82) is 0 Å². The Bertz CT molecular complexity index is 2190. The van der Waals surface area contributed by atoms with E-state index in [1.807, 2.05) is 0 Å². The molecule has 3 amide bonds. The minimum atomic E-state index is -3.05. The maximum absolute atomic E-state index is 16.8. The number of imide groups is 1. The first kappa shape index (κ1) is 32.1. The zero-order valence-corrected chi connectivity index (χ0v) is 26.0. The van der Waals surface area contributed by atoms with E-state index >= 15 is 8.78 Å². The highest BCUT2D eigenvalue weighted by molar-refractivity contribution is 6.08. The number of nitrogens with one attached hydrogen (secondary N) is 2. The van der Waals surface area contributed by atoms with Crippen LogP contribution in [0.25, 0.3) is 32.8 Å². The fraction of sp³-hybridized carbons (Fsp3) is 0.294. The highest BCUT2D eigenvalue weighted by Gasteiger charge is 2.71. The van der Waals surface area contributed by atoms with E-state index in [0.717, 1.165) is 18.2 Å². The van der Waals surface area contributed by atoms with Crippen molar-refractivity contribution in [3.63, 3.8) is 0 Å². The molecule has 10 nitrogen and oxygen atoms in total. The summed E-state index contributed by atoms with van der Waals surface area (Å²) in [6.07, 6.45) is 8.26. The standard InChI is InChI=1S/C34H27F5N6O4/c1-4-19-22(35)7-6-17-10-18(46)11-20(24(17)19)25-23(36)12-21-27(26(25)37)40-31(49-16-32(14-44(2)3)13-34(32,38)39)41-28(21)45-9-5-8-33(15-45)29(47)42-30(48)43-33/h1,5-7,9-12,46H,8,13-16H2,2-3H3,(H2,42,43,47,48)/t32-,33?/m1/s1. The average molecular weight is 679 g/mol. The second-order valence-electron chi connectivity index (χ2n) is 12.8. The summed E-state index contributed by atoms with van der Waals surface area (Å²) in [5, 5.41) is 15.2. The second kappa shape index (κ2) is 11.0. The number of terminal acetylenes is 1. The normalized spacial score (nSPS) is 22.6. The van der Waals surface area contributed by atoms with Crippen LogP contribution < -0.4 is 20.3 Å². The first-order valence-corrected chi connectivity index (χ1v) is 15.0. The number of hydrogen-bond acceptors (Lipinski definition) is 8. The Balaban J connectivity index is 1.43. The third kappa shape index (κ3) is 5.14. The first-order valence-electron chi connectivity index (χ1n) is 15.0. The van der Waals surface area contributed by atoms with Gasteiger partial charge in [-0.3, -0.25) is 10.1 Å². The Labute approximate surface area is 275 Å².